The number of halogens is 2. The number of nitrogens with zero attached hydrogens (tertiary/aromatic N) is 3. The normalized spacial score (nSPS) is 24.8. The highest BCUT2D eigenvalue weighted by molar-refractivity contribution is 5.85. The summed E-state index contributed by atoms with van der Waals surface area (Å²) >= 11 is 0. The van der Waals surface area contributed by atoms with Crippen LogP contribution in [0.15, 0.2) is 28.8 Å². The number of aromatic nitrogens is 2. The molecule has 2 aromatic rings. The van der Waals surface area contributed by atoms with Gasteiger partial charge >= 0.3 is 0 Å². The van der Waals surface area contributed by atoms with Gasteiger partial charge < -0.3 is 19.9 Å². The summed E-state index contributed by atoms with van der Waals surface area (Å²) in [7, 11) is 0. The van der Waals surface area contributed by atoms with E-state index in [4.69, 9.17) is 15.0 Å². The van der Waals surface area contributed by atoms with Gasteiger partial charge in [0.1, 0.15) is 11.9 Å². The number of hydrogen-bond acceptors (Lipinski definition) is 6. The highest BCUT2D eigenvalue weighted by Gasteiger charge is 2.36. The Labute approximate surface area is 168 Å². The molecule has 9 heteroatoms. The maximum atomic E-state index is 13.1. The molecule has 1 aromatic heterocycles. The quantitative estimate of drug-likeness (QED) is 0.832. The van der Waals surface area contributed by atoms with E-state index in [1.54, 1.807) is 12.1 Å². The number of amides is 1. The molecule has 0 aliphatic carbocycles. The number of carbonyl (C=O) groups is 1. The molecule has 3 atom stereocenters. The molecule has 1 unspecified atom stereocenters. The molecule has 3 heterocycles. The maximum Gasteiger partial charge on any atom is 0.251 e. The van der Waals surface area contributed by atoms with Crippen LogP contribution in [0.4, 0.5) is 4.39 Å². The lowest BCUT2D eigenvalue weighted by atomic mass is 9.97. The van der Waals surface area contributed by atoms with Crippen LogP contribution in [0.3, 0.4) is 0 Å². The van der Waals surface area contributed by atoms with Gasteiger partial charge in [-0.3, -0.25) is 4.79 Å². The van der Waals surface area contributed by atoms with E-state index in [0.29, 0.717) is 36.9 Å². The Morgan fingerprint density at radius 3 is 2.75 bits per heavy atom. The van der Waals surface area contributed by atoms with Crippen LogP contribution in [-0.4, -0.2) is 52.8 Å². The van der Waals surface area contributed by atoms with Crippen LogP contribution in [0.25, 0.3) is 11.4 Å². The van der Waals surface area contributed by atoms with Crippen molar-refractivity contribution in [1.29, 1.82) is 0 Å². The average Bonchev–Trinajstić information content (AvgIpc) is 3.38. The molecule has 0 spiro atoms. The summed E-state index contributed by atoms with van der Waals surface area (Å²) in [5.41, 5.74) is 6.33. The van der Waals surface area contributed by atoms with Gasteiger partial charge in [-0.15, -0.1) is 12.4 Å². The van der Waals surface area contributed by atoms with Gasteiger partial charge in [0.05, 0.1) is 12.0 Å². The number of hydrogen-bond donors (Lipinski definition) is 1. The van der Waals surface area contributed by atoms with Gasteiger partial charge in [-0.2, -0.15) is 4.98 Å². The first kappa shape index (κ1) is 20.7. The topological polar surface area (TPSA) is 94.5 Å². The lowest BCUT2D eigenvalue weighted by molar-refractivity contribution is -0.144. The molecule has 2 fully saturated rings. The summed E-state index contributed by atoms with van der Waals surface area (Å²) in [5, 5.41) is 4.01. The van der Waals surface area contributed by atoms with Crippen molar-refractivity contribution in [1.82, 2.24) is 15.0 Å². The van der Waals surface area contributed by atoms with Gasteiger partial charge in [0.15, 0.2) is 0 Å². The van der Waals surface area contributed by atoms with Crippen molar-refractivity contribution in [3.63, 3.8) is 0 Å². The van der Waals surface area contributed by atoms with E-state index < -0.39 is 6.10 Å². The molecule has 152 valence electrons. The highest BCUT2D eigenvalue weighted by Crippen LogP contribution is 2.29. The smallest absolute Gasteiger partial charge is 0.251 e. The van der Waals surface area contributed by atoms with Crippen molar-refractivity contribution in [2.24, 2.45) is 5.73 Å². The van der Waals surface area contributed by atoms with Crippen LogP contribution in [0, 0.1) is 5.82 Å². The molecule has 0 radical (unpaired) electrons. The molecule has 28 heavy (non-hydrogen) atoms. The zero-order chi connectivity index (χ0) is 18.8. The Balaban J connectivity index is 0.00000225. The molecule has 0 saturated carbocycles. The van der Waals surface area contributed by atoms with E-state index in [0.717, 1.165) is 25.7 Å². The molecule has 1 aromatic carbocycles. The first-order valence-electron chi connectivity index (χ1n) is 9.38. The molecule has 2 N–H and O–H groups in total. The molecule has 0 bridgehead atoms. The van der Waals surface area contributed by atoms with Crippen molar-refractivity contribution >= 4 is 18.3 Å². The lowest BCUT2D eigenvalue weighted by Crippen LogP contribution is -2.44. The minimum atomic E-state index is -0.394. The zero-order valence-electron chi connectivity index (χ0n) is 15.4. The van der Waals surface area contributed by atoms with Crippen molar-refractivity contribution in [2.45, 2.75) is 43.8 Å². The number of ether oxygens (including phenoxy) is 1. The number of rotatable bonds is 4. The molecular formula is C19H24ClFN4O3. The summed E-state index contributed by atoms with van der Waals surface area (Å²) < 4.78 is 24.2. The number of benzene rings is 1. The SMILES string of the molecule is Cl.NC[C@H]1CC[C@@H](C(=O)N2CCCC(c3nc(-c4ccc(F)cc4)no3)C2)O1. The fourth-order valence-electron chi connectivity index (χ4n) is 3.76. The van der Waals surface area contributed by atoms with E-state index in [9.17, 15) is 9.18 Å². The second kappa shape index (κ2) is 8.98. The summed E-state index contributed by atoms with van der Waals surface area (Å²) in [6.45, 7) is 1.69. The number of piperidine rings is 1. The zero-order valence-corrected chi connectivity index (χ0v) is 16.2. The fourth-order valence-corrected chi connectivity index (χ4v) is 3.76. The Kier molecular flexibility index (Phi) is 6.64. The van der Waals surface area contributed by atoms with Gasteiger partial charge in [-0.1, -0.05) is 5.16 Å². The summed E-state index contributed by atoms with van der Waals surface area (Å²) in [6.07, 6.45) is 2.89. The van der Waals surface area contributed by atoms with E-state index in [-0.39, 0.29) is 36.2 Å². The summed E-state index contributed by atoms with van der Waals surface area (Å²) in [4.78, 5) is 19.1. The fraction of sp³-hybridized carbons (Fsp3) is 0.526. The Morgan fingerprint density at radius 1 is 1.25 bits per heavy atom. The van der Waals surface area contributed by atoms with Crippen LogP contribution < -0.4 is 5.73 Å². The average molecular weight is 411 g/mol. The van der Waals surface area contributed by atoms with E-state index in [1.807, 2.05) is 4.90 Å². The lowest BCUT2D eigenvalue weighted by Gasteiger charge is -2.32. The highest BCUT2D eigenvalue weighted by atomic mass is 35.5. The van der Waals surface area contributed by atoms with Gasteiger partial charge in [0.2, 0.25) is 11.7 Å². The molecule has 2 saturated heterocycles. The van der Waals surface area contributed by atoms with Crippen molar-refractivity contribution < 1.29 is 18.4 Å². The summed E-state index contributed by atoms with van der Waals surface area (Å²) in [5.74, 6) is 0.650. The van der Waals surface area contributed by atoms with Gasteiger partial charge in [-0.25, -0.2) is 4.39 Å². The monoisotopic (exact) mass is 410 g/mol. The van der Waals surface area contributed by atoms with Gasteiger partial charge in [-0.05, 0) is 49.9 Å². The van der Waals surface area contributed by atoms with E-state index in [1.165, 1.54) is 12.1 Å². The maximum absolute atomic E-state index is 13.1. The second-order valence-electron chi connectivity index (χ2n) is 7.15. The van der Waals surface area contributed by atoms with Crippen molar-refractivity contribution in [2.75, 3.05) is 19.6 Å². The van der Waals surface area contributed by atoms with E-state index in [2.05, 4.69) is 10.1 Å². The van der Waals surface area contributed by atoms with Crippen LogP contribution in [0.5, 0.6) is 0 Å². The largest absolute Gasteiger partial charge is 0.364 e. The third-order valence-corrected chi connectivity index (χ3v) is 5.27. The molecule has 7 nitrogen and oxygen atoms in total. The molecule has 2 aliphatic heterocycles. The first-order valence-corrected chi connectivity index (χ1v) is 9.38. The minimum Gasteiger partial charge on any atom is -0.364 e. The number of likely N-dealkylation sites (tertiary alicyclic amines) is 1. The van der Waals surface area contributed by atoms with Crippen LogP contribution in [-0.2, 0) is 9.53 Å². The minimum absolute atomic E-state index is 0. The summed E-state index contributed by atoms with van der Waals surface area (Å²) in [6, 6.07) is 5.96. The Bertz CT molecular complexity index is 801. The standard InChI is InChI=1S/C19H23FN4O3.ClH/c20-14-5-3-12(4-6-14)17-22-18(27-23-17)13-2-1-9-24(11-13)19(25)16-8-7-15(10-21)26-16;/h3-6,13,15-16H,1-2,7-11,21H2;1H/t13?,15-,16+;/m1./s1. The third-order valence-electron chi connectivity index (χ3n) is 5.27. The number of carbonyl (C=O) groups excluding carboxylic acids is 1. The first-order chi connectivity index (χ1) is 13.1. The second-order valence-corrected chi connectivity index (χ2v) is 7.15. The van der Waals surface area contributed by atoms with Crippen molar-refractivity contribution in [3.8, 4) is 11.4 Å². The predicted octanol–water partition coefficient (Wildman–Crippen LogP) is 2.51. The molecular weight excluding hydrogens is 387 g/mol. The van der Waals surface area contributed by atoms with Crippen LogP contribution >= 0.6 is 12.4 Å². The van der Waals surface area contributed by atoms with Crippen LogP contribution in [0.1, 0.15) is 37.5 Å². The Morgan fingerprint density at radius 2 is 2.04 bits per heavy atom. The molecule has 4 rings (SSSR count). The van der Waals surface area contributed by atoms with Crippen LogP contribution in [0.2, 0.25) is 0 Å². The Hall–Kier alpha value is -2.03. The molecule has 1 amide bonds. The number of nitrogens with two attached hydrogens (primary N) is 1. The van der Waals surface area contributed by atoms with Crippen molar-refractivity contribution in [3.05, 3.63) is 36.0 Å². The van der Waals surface area contributed by atoms with E-state index >= 15 is 0 Å². The molecule has 2 aliphatic rings. The van der Waals surface area contributed by atoms with Gasteiger partial charge in [0.25, 0.3) is 5.91 Å². The predicted molar refractivity (Wildman–Crippen MR) is 102 cm³/mol. The third kappa shape index (κ3) is 4.34. The van der Waals surface area contributed by atoms with Gasteiger partial charge in [0, 0.05) is 25.2 Å².